The van der Waals surface area contributed by atoms with Gasteiger partial charge >= 0.3 is 0 Å². The van der Waals surface area contributed by atoms with Gasteiger partial charge in [0.1, 0.15) is 0 Å². The van der Waals surface area contributed by atoms with Crippen molar-refractivity contribution in [2.75, 3.05) is 29.1 Å². The van der Waals surface area contributed by atoms with Gasteiger partial charge in [0.05, 0.1) is 6.04 Å². The lowest BCUT2D eigenvalue weighted by Crippen LogP contribution is -2.51. The number of nitrogens with one attached hydrogen (secondary N) is 2. The molecule has 0 aromatic heterocycles. The standard InChI is InChI=1S/C23H36IN3OS/c24-18-25-22(17-29-16-20-9-5-2-6-10-20)23(28)26-21-11-13-27(14-12-21)15-19-7-3-1-4-8-19/h1,3-4,7-8,20-22,25H,2,5-6,9-18H2,(H,26,28). The average molecular weight is 530 g/mol. The number of piperidine rings is 1. The maximum absolute atomic E-state index is 12.9. The molecular weight excluding hydrogens is 493 g/mol. The van der Waals surface area contributed by atoms with Gasteiger partial charge in [-0.25, -0.2) is 0 Å². The van der Waals surface area contributed by atoms with Crippen LogP contribution in [0, 0.1) is 5.92 Å². The summed E-state index contributed by atoms with van der Waals surface area (Å²) in [6.07, 6.45) is 9.05. The van der Waals surface area contributed by atoms with Crippen molar-refractivity contribution in [1.82, 2.24) is 15.5 Å². The Labute approximate surface area is 194 Å². The number of likely N-dealkylation sites (tertiary alicyclic amines) is 1. The van der Waals surface area contributed by atoms with Crippen molar-refractivity contribution in [3.63, 3.8) is 0 Å². The van der Waals surface area contributed by atoms with Gasteiger partial charge in [0.25, 0.3) is 0 Å². The SMILES string of the molecule is O=C(NC1CCN(Cc2ccccc2)CC1)C(CSCC1CCCCC1)NCI. The quantitative estimate of drug-likeness (QED) is 0.268. The number of benzene rings is 1. The van der Waals surface area contributed by atoms with Crippen LogP contribution in [0.2, 0.25) is 0 Å². The number of hydrogen-bond acceptors (Lipinski definition) is 4. The summed E-state index contributed by atoms with van der Waals surface area (Å²) in [5.74, 6) is 3.16. The third kappa shape index (κ3) is 8.38. The molecule has 0 spiro atoms. The molecule has 1 saturated carbocycles. The second kappa shape index (κ2) is 13.2. The maximum atomic E-state index is 12.9. The number of hydrogen-bond donors (Lipinski definition) is 2. The van der Waals surface area contributed by atoms with Gasteiger partial charge in [-0.2, -0.15) is 11.8 Å². The summed E-state index contributed by atoms with van der Waals surface area (Å²) in [5, 5.41) is 6.73. The van der Waals surface area contributed by atoms with Gasteiger partial charge in [-0.05, 0) is 42.9 Å². The number of thioether (sulfide) groups is 1. The zero-order valence-corrected chi connectivity index (χ0v) is 20.4. The fourth-order valence-electron chi connectivity index (χ4n) is 4.41. The molecule has 1 aliphatic carbocycles. The van der Waals surface area contributed by atoms with Crippen LogP contribution in [-0.2, 0) is 11.3 Å². The summed E-state index contributed by atoms with van der Waals surface area (Å²) in [6.45, 7) is 3.12. The predicted octanol–water partition coefficient (Wildman–Crippen LogP) is 4.43. The molecule has 1 atom stereocenters. The predicted molar refractivity (Wildman–Crippen MR) is 133 cm³/mol. The molecule has 1 aliphatic heterocycles. The van der Waals surface area contributed by atoms with Crippen LogP contribution in [0.3, 0.4) is 0 Å². The molecule has 0 bridgehead atoms. The maximum Gasteiger partial charge on any atom is 0.238 e. The topological polar surface area (TPSA) is 44.4 Å². The van der Waals surface area contributed by atoms with Gasteiger partial charge < -0.3 is 5.32 Å². The Bertz CT molecular complexity index is 589. The smallest absolute Gasteiger partial charge is 0.238 e. The number of halogens is 1. The van der Waals surface area contributed by atoms with Gasteiger partial charge in [0.15, 0.2) is 0 Å². The molecule has 1 amide bonds. The number of amides is 1. The molecule has 2 fully saturated rings. The summed E-state index contributed by atoms with van der Waals surface area (Å²) >= 11 is 4.27. The molecule has 3 rings (SSSR count). The van der Waals surface area contributed by atoms with Crippen molar-refractivity contribution in [2.24, 2.45) is 5.92 Å². The van der Waals surface area contributed by atoms with E-state index in [2.05, 4.69) is 68.5 Å². The Kier molecular flexibility index (Phi) is 10.6. The van der Waals surface area contributed by atoms with Crippen molar-refractivity contribution in [3.8, 4) is 0 Å². The van der Waals surface area contributed by atoms with Crippen molar-refractivity contribution in [2.45, 2.75) is 63.6 Å². The molecule has 29 heavy (non-hydrogen) atoms. The van der Waals surface area contributed by atoms with Crippen molar-refractivity contribution >= 4 is 40.3 Å². The summed E-state index contributed by atoms with van der Waals surface area (Å²) in [5.41, 5.74) is 1.37. The normalized spacial score (nSPS) is 20.4. The molecule has 1 aromatic rings. The van der Waals surface area contributed by atoms with Crippen molar-refractivity contribution < 1.29 is 4.79 Å². The van der Waals surface area contributed by atoms with Crippen LogP contribution in [0.25, 0.3) is 0 Å². The fraction of sp³-hybridized carbons (Fsp3) is 0.696. The Morgan fingerprint density at radius 2 is 1.83 bits per heavy atom. The van der Waals surface area contributed by atoms with Crippen LogP contribution in [0.5, 0.6) is 0 Å². The monoisotopic (exact) mass is 529 g/mol. The van der Waals surface area contributed by atoms with E-state index in [9.17, 15) is 4.79 Å². The lowest BCUT2D eigenvalue weighted by Gasteiger charge is -2.33. The zero-order chi connectivity index (χ0) is 20.3. The van der Waals surface area contributed by atoms with Crippen molar-refractivity contribution in [3.05, 3.63) is 35.9 Å². The number of rotatable bonds is 10. The van der Waals surface area contributed by atoms with E-state index in [1.165, 1.54) is 43.4 Å². The van der Waals surface area contributed by atoms with E-state index in [4.69, 9.17) is 0 Å². The van der Waals surface area contributed by atoms with Crippen LogP contribution in [0.1, 0.15) is 50.5 Å². The lowest BCUT2D eigenvalue weighted by atomic mass is 9.91. The molecule has 6 heteroatoms. The van der Waals surface area contributed by atoms with E-state index in [0.29, 0.717) is 6.04 Å². The molecule has 4 nitrogen and oxygen atoms in total. The summed E-state index contributed by atoms with van der Waals surface area (Å²) in [7, 11) is 0. The average Bonchev–Trinajstić information content (AvgIpc) is 2.76. The molecule has 2 aliphatic rings. The summed E-state index contributed by atoms with van der Waals surface area (Å²) in [4.78, 5) is 15.4. The molecule has 1 unspecified atom stereocenters. The lowest BCUT2D eigenvalue weighted by molar-refractivity contribution is -0.123. The highest BCUT2D eigenvalue weighted by atomic mass is 127. The van der Waals surface area contributed by atoms with Crippen LogP contribution >= 0.6 is 34.4 Å². The third-order valence-corrected chi connectivity index (χ3v) is 7.90. The van der Waals surface area contributed by atoms with Gasteiger partial charge in [-0.3, -0.25) is 15.0 Å². The third-order valence-electron chi connectivity index (χ3n) is 6.19. The fourth-order valence-corrected chi connectivity index (χ4v) is 6.24. The number of carbonyl (C=O) groups excluding carboxylic acids is 1. The summed E-state index contributed by atoms with van der Waals surface area (Å²) < 4.78 is 0.815. The van der Waals surface area contributed by atoms with E-state index in [1.807, 2.05) is 11.8 Å². The molecule has 2 N–H and O–H groups in total. The highest BCUT2D eigenvalue weighted by Gasteiger charge is 2.25. The van der Waals surface area contributed by atoms with Crippen LogP contribution in [-0.4, -0.2) is 52.0 Å². The van der Waals surface area contributed by atoms with E-state index in [-0.39, 0.29) is 11.9 Å². The largest absolute Gasteiger partial charge is 0.352 e. The Hall–Kier alpha value is -0.310. The Morgan fingerprint density at radius 1 is 1.10 bits per heavy atom. The first kappa shape index (κ1) is 23.4. The Balaban J connectivity index is 1.36. The zero-order valence-electron chi connectivity index (χ0n) is 17.5. The minimum absolute atomic E-state index is 0.0668. The summed E-state index contributed by atoms with van der Waals surface area (Å²) in [6, 6.07) is 10.9. The van der Waals surface area contributed by atoms with Crippen molar-refractivity contribution in [1.29, 1.82) is 0 Å². The van der Waals surface area contributed by atoms with Crippen LogP contribution < -0.4 is 10.6 Å². The first-order valence-corrected chi connectivity index (χ1v) is 13.9. The molecular formula is C23H36IN3OS. The Morgan fingerprint density at radius 3 is 2.52 bits per heavy atom. The second-order valence-corrected chi connectivity index (χ2v) is 10.3. The van der Waals surface area contributed by atoms with E-state index in [0.717, 1.165) is 48.7 Å². The molecule has 1 heterocycles. The van der Waals surface area contributed by atoms with Gasteiger partial charge in [0, 0.05) is 36.0 Å². The number of alkyl halides is 1. The van der Waals surface area contributed by atoms with E-state index in [1.54, 1.807) is 0 Å². The molecule has 1 saturated heterocycles. The van der Waals surface area contributed by atoms with Crippen LogP contribution in [0.15, 0.2) is 30.3 Å². The second-order valence-electron chi connectivity index (χ2n) is 8.48. The molecule has 162 valence electrons. The highest BCUT2D eigenvalue weighted by Crippen LogP contribution is 2.27. The minimum Gasteiger partial charge on any atom is -0.352 e. The minimum atomic E-state index is -0.0668. The van der Waals surface area contributed by atoms with Gasteiger partial charge in [-0.1, -0.05) is 72.2 Å². The molecule has 0 radical (unpaired) electrons. The number of nitrogens with zero attached hydrogens (tertiary/aromatic N) is 1. The number of carbonyl (C=O) groups is 1. The first-order chi connectivity index (χ1) is 14.2. The van der Waals surface area contributed by atoms with E-state index >= 15 is 0 Å². The highest BCUT2D eigenvalue weighted by molar-refractivity contribution is 14.1. The first-order valence-electron chi connectivity index (χ1n) is 11.2. The van der Waals surface area contributed by atoms with Gasteiger partial charge in [-0.15, -0.1) is 0 Å². The van der Waals surface area contributed by atoms with E-state index < -0.39 is 0 Å². The molecule has 1 aromatic carbocycles. The van der Waals surface area contributed by atoms with Gasteiger partial charge in [0.2, 0.25) is 5.91 Å². The van der Waals surface area contributed by atoms with Crippen LogP contribution in [0.4, 0.5) is 0 Å².